The lowest BCUT2D eigenvalue weighted by atomic mass is 10.1. The van der Waals surface area contributed by atoms with E-state index in [0.29, 0.717) is 11.6 Å². The van der Waals surface area contributed by atoms with E-state index in [0.717, 1.165) is 29.7 Å². The summed E-state index contributed by atoms with van der Waals surface area (Å²) in [5.41, 5.74) is 7.35. The van der Waals surface area contributed by atoms with Gasteiger partial charge in [0.1, 0.15) is 12.1 Å². The maximum atomic E-state index is 8.87. The Morgan fingerprint density at radius 1 is 1.39 bits per heavy atom. The number of nitrogens with two attached hydrogens (primary N) is 1. The van der Waals surface area contributed by atoms with Gasteiger partial charge >= 0.3 is 0 Å². The molecule has 0 saturated heterocycles. The van der Waals surface area contributed by atoms with Crippen molar-refractivity contribution in [3.8, 4) is 0 Å². The Bertz CT molecular complexity index is 529. The summed E-state index contributed by atoms with van der Waals surface area (Å²) in [6.07, 6.45) is 2.32. The van der Waals surface area contributed by atoms with Gasteiger partial charge in [0.15, 0.2) is 0 Å². The molecule has 0 spiro atoms. The van der Waals surface area contributed by atoms with Gasteiger partial charge in [0.25, 0.3) is 0 Å². The van der Waals surface area contributed by atoms with Crippen LogP contribution in [0.25, 0.3) is 10.9 Å². The number of hydrogen-bond acceptors (Lipinski definition) is 5. The zero-order valence-corrected chi connectivity index (χ0v) is 10.4. The highest BCUT2D eigenvalue weighted by Gasteiger charge is 2.06. The number of hydrogen-bond donors (Lipinski definition) is 3. The lowest BCUT2D eigenvalue weighted by Gasteiger charge is -2.13. The third kappa shape index (κ3) is 2.87. The Labute approximate surface area is 106 Å². The highest BCUT2D eigenvalue weighted by atomic mass is 16.3. The molecule has 4 N–H and O–H groups in total. The van der Waals surface area contributed by atoms with Crippen molar-refractivity contribution in [2.24, 2.45) is 5.92 Å². The Kier molecular flexibility index (Phi) is 3.94. The molecule has 5 heteroatoms. The van der Waals surface area contributed by atoms with Gasteiger partial charge in [-0.25, -0.2) is 9.97 Å². The van der Waals surface area contributed by atoms with Gasteiger partial charge in [-0.15, -0.1) is 0 Å². The van der Waals surface area contributed by atoms with Crippen molar-refractivity contribution in [1.29, 1.82) is 0 Å². The second kappa shape index (κ2) is 5.64. The van der Waals surface area contributed by atoms with Crippen LogP contribution in [0, 0.1) is 5.92 Å². The molecular weight excluding hydrogens is 228 g/mol. The van der Waals surface area contributed by atoms with Crippen molar-refractivity contribution in [3.63, 3.8) is 0 Å². The number of aliphatic hydroxyl groups is 1. The van der Waals surface area contributed by atoms with Crippen LogP contribution >= 0.6 is 0 Å². The molecular formula is C13H18N4O. The number of nitrogens with zero attached hydrogens (tertiary/aromatic N) is 2. The summed E-state index contributed by atoms with van der Waals surface area (Å²) in [6, 6.07) is 5.58. The van der Waals surface area contributed by atoms with E-state index in [2.05, 4.69) is 22.2 Å². The molecule has 0 saturated carbocycles. The molecule has 1 aromatic carbocycles. The molecule has 1 unspecified atom stereocenters. The minimum atomic E-state index is 0.209. The van der Waals surface area contributed by atoms with Gasteiger partial charge in [0, 0.05) is 24.2 Å². The third-order valence-electron chi connectivity index (χ3n) is 2.90. The number of nitrogen functional groups attached to an aromatic ring is 1. The predicted octanol–water partition coefficient (Wildman–Crippen LogP) is 1.64. The molecule has 0 bridgehead atoms. The number of nitrogens with one attached hydrogen (secondary N) is 1. The number of fused-ring (bicyclic) bond motifs is 1. The molecule has 0 fully saturated rings. The van der Waals surface area contributed by atoms with Crippen molar-refractivity contribution in [2.45, 2.75) is 13.3 Å². The average Bonchev–Trinajstić information content (AvgIpc) is 2.36. The number of rotatable bonds is 5. The lowest BCUT2D eigenvalue weighted by molar-refractivity contribution is 0.266. The first-order valence-corrected chi connectivity index (χ1v) is 6.05. The van der Waals surface area contributed by atoms with Gasteiger partial charge in [-0.1, -0.05) is 6.92 Å². The van der Waals surface area contributed by atoms with Crippen LogP contribution < -0.4 is 11.1 Å². The molecule has 0 aliphatic rings. The molecule has 0 radical (unpaired) electrons. The van der Waals surface area contributed by atoms with Crippen LogP contribution in [-0.2, 0) is 0 Å². The van der Waals surface area contributed by atoms with Crippen LogP contribution in [-0.4, -0.2) is 28.2 Å². The Balaban J connectivity index is 2.19. The van der Waals surface area contributed by atoms with E-state index < -0.39 is 0 Å². The molecule has 2 aromatic rings. The fourth-order valence-corrected chi connectivity index (χ4v) is 1.81. The first-order chi connectivity index (χ1) is 8.70. The Morgan fingerprint density at radius 2 is 2.22 bits per heavy atom. The van der Waals surface area contributed by atoms with Crippen LogP contribution in [0.1, 0.15) is 13.3 Å². The fraction of sp³-hybridized carbons (Fsp3) is 0.385. The number of benzene rings is 1. The van der Waals surface area contributed by atoms with Gasteiger partial charge < -0.3 is 16.2 Å². The minimum Gasteiger partial charge on any atom is -0.399 e. The molecule has 1 atom stereocenters. The molecule has 0 aliphatic carbocycles. The van der Waals surface area contributed by atoms with Crippen molar-refractivity contribution < 1.29 is 5.11 Å². The zero-order valence-electron chi connectivity index (χ0n) is 10.4. The number of aliphatic hydroxyl groups excluding tert-OH is 1. The van der Waals surface area contributed by atoms with Gasteiger partial charge in [-0.05, 0) is 30.5 Å². The second-order valence-corrected chi connectivity index (χ2v) is 4.50. The quantitative estimate of drug-likeness (QED) is 0.698. The van der Waals surface area contributed by atoms with Crippen molar-refractivity contribution >= 4 is 22.4 Å². The van der Waals surface area contributed by atoms with Crippen LogP contribution in [0.5, 0.6) is 0 Å². The molecule has 1 aromatic heterocycles. The maximum absolute atomic E-state index is 8.87. The van der Waals surface area contributed by atoms with Gasteiger partial charge in [0.2, 0.25) is 0 Å². The van der Waals surface area contributed by atoms with E-state index in [9.17, 15) is 0 Å². The van der Waals surface area contributed by atoms with E-state index in [4.69, 9.17) is 10.8 Å². The largest absolute Gasteiger partial charge is 0.399 e. The fourth-order valence-electron chi connectivity index (χ4n) is 1.81. The first kappa shape index (κ1) is 12.6. The molecule has 96 valence electrons. The molecule has 5 nitrogen and oxygen atoms in total. The smallest absolute Gasteiger partial charge is 0.137 e. The predicted molar refractivity (Wildman–Crippen MR) is 73.3 cm³/mol. The van der Waals surface area contributed by atoms with Gasteiger partial charge in [-0.2, -0.15) is 0 Å². The van der Waals surface area contributed by atoms with E-state index in [1.165, 1.54) is 6.33 Å². The normalized spacial score (nSPS) is 12.6. The van der Waals surface area contributed by atoms with Crippen LogP contribution in [0.15, 0.2) is 24.5 Å². The summed E-state index contributed by atoms with van der Waals surface area (Å²) >= 11 is 0. The number of aromatic nitrogens is 2. The van der Waals surface area contributed by atoms with E-state index >= 15 is 0 Å². The van der Waals surface area contributed by atoms with Crippen LogP contribution in [0.3, 0.4) is 0 Å². The molecule has 2 rings (SSSR count). The summed E-state index contributed by atoms with van der Waals surface area (Å²) in [5, 5.41) is 13.1. The highest BCUT2D eigenvalue weighted by Crippen LogP contribution is 2.21. The number of anilines is 2. The molecule has 1 heterocycles. The SMILES string of the molecule is CC(CCO)CNc1ncnc2ccc(N)cc12. The van der Waals surface area contributed by atoms with Crippen molar-refractivity contribution in [1.82, 2.24) is 9.97 Å². The lowest BCUT2D eigenvalue weighted by Crippen LogP contribution is -2.13. The van der Waals surface area contributed by atoms with Crippen LogP contribution in [0.2, 0.25) is 0 Å². The third-order valence-corrected chi connectivity index (χ3v) is 2.90. The summed E-state index contributed by atoms with van der Waals surface area (Å²) in [7, 11) is 0. The molecule has 0 amide bonds. The van der Waals surface area contributed by atoms with Crippen LogP contribution in [0.4, 0.5) is 11.5 Å². The first-order valence-electron chi connectivity index (χ1n) is 6.05. The standard InChI is InChI=1S/C13H18N4O/c1-9(4-5-18)7-15-13-11-6-10(14)2-3-12(11)16-8-17-13/h2-3,6,8-9,18H,4-5,7,14H2,1H3,(H,15,16,17). The zero-order chi connectivity index (χ0) is 13.0. The second-order valence-electron chi connectivity index (χ2n) is 4.50. The summed E-state index contributed by atoms with van der Waals surface area (Å²) in [5.74, 6) is 1.18. The summed E-state index contributed by atoms with van der Waals surface area (Å²) in [4.78, 5) is 8.44. The molecule has 0 aliphatic heterocycles. The van der Waals surface area contributed by atoms with Gasteiger partial charge in [0.05, 0.1) is 5.52 Å². The maximum Gasteiger partial charge on any atom is 0.137 e. The van der Waals surface area contributed by atoms with Crippen molar-refractivity contribution in [3.05, 3.63) is 24.5 Å². The summed E-state index contributed by atoms with van der Waals surface area (Å²) < 4.78 is 0. The highest BCUT2D eigenvalue weighted by molar-refractivity contribution is 5.91. The molecule has 18 heavy (non-hydrogen) atoms. The average molecular weight is 246 g/mol. The van der Waals surface area contributed by atoms with Crippen molar-refractivity contribution in [2.75, 3.05) is 24.2 Å². The topological polar surface area (TPSA) is 84.1 Å². The van der Waals surface area contributed by atoms with E-state index in [1.54, 1.807) is 0 Å². The van der Waals surface area contributed by atoms with Gasteiger partial charge in [-0.3, -0.25) is 0 Å². The van der Waals surface area contributed by atoms with E-state index in [-0.39, 0.29) is 6.61 Å². The monoisotopic (exact) mass is 246 g/mol. The summed E-state index contributed by atoms with van der Waals surface area (Å²) in [6.45, 7) is 3.06. The Morgan fingerprint density at radius 3 is 3.00 bits per heavy atom. The van der Waals surface area contributed by atoms with E-state index in [1.807, 2.05) is 18.2 Å². The minimum absolute atomic E-state index is 0.209. The Hall–Kier alpha value is -1.88.